The number of carbonyl (C=O) groups is 1. The zero-order valence-electron chi connectivity index (χ0n) is 13.9. The molecule has 2 rings (SSSR count). The Kier molecular flexibility index (Phi) is 6.31. The predicted molar refractivity (Wildman–Crippen MR) is 94.0 cm³/mol. The molecule has 1 aromatic carbocycles. The maximum atomic E-state index is 12.0. The van der Waals surface area contributed by atoms with E-state index in [2.05, 4.69) is 20.3 Å². The van der Waals surface area contributed by atoms with Crippen molar-refractivity contribution in [2.75, 3.05) is 19.0 Å². The summed E-state index contributed by atoms with van der Waals surface area (Å²) in [4.78, 5) is 16.1. The largest absolute Gasteiger partial charge is 0.480 e. The van der Waals surface area contributed by atoms with E-state index in [0.717, 1.165) is 5.56 Å². The summed E-state index contributed by atoms with van der Waals surface area (Å²) in [5.74, 6) is 0.315. The second-order valence-corrected chi connectivity index (χ2v) is 6.78. The molecule has 1 aromatic heterocycles. The van der Waals surface area contributed by atoms with Gasteiger partial charge in [-0.25, -0.2) is 22.9 Å². The first-order valence-electron chi connectivity index (χ1n) is 7.58. The molecule has 0 aliphatic rings. The average molecular weight is 364 g/mol. The topological polar surface area (TPSA) is 109 Å². The van der Waals surface area contributed by atoms with E-state index in [1.165, 1.54) is 19.2 Å². The Labute approximate surface area is 146 Å². The molecule has 134 valence electrons. The Morgan fingerprint density at radius 3 is 2.56 bits per heavy atom. The van der Waals surface area contributed by atoms with Gasteiger partial charge in [-0.15, -0.1) is 0 Å². The number of urea groups is 1. The van der Waals surface area contributed by atoms with Gasteiger partial charge in [-0.05, 0) is 29.8 Å². The molecule has 3 N–H and O–H groups in total. The zero-order chi connectivity index (χ0) is 18.3. The van der Waals surface area contributed by atoms with Crippen LogP contribution in [0.4, 0.5) is 10.5 Å². The van der Waals surface area contributed by atoms with Crippen molar-refractivity contribution in [1.82, 2.24) is 15.0 Å². The standard InChI is InChI=1S/C16H20N4O4S/c1-3-19-25(22,23)13-8-6-12(7-9-13)11-18-16(21)20-14-5-4-10-17-15(14)24-2/h4-10,19H,3,11H2,1-2H3,(H2,18,20,21). The normalized spacial score (nSPS) is 11.0. The number of carbonyl (C=O) groups excluding carboxylic acids is 1. The minimum atomic E-state index is -3.48. The van der Waals surface area contributed by atoms with Crippen LogP contribution < -0.4 is 20.1 Å². The smallest absolute Gasteiger partial charge is 0.319 e. The van der Waals surface area contributed by atoms with Crippen LogP contribution >= 0.6 is 0 Å². The minimum absolute atomic E-state index is 0.183. The van der Waals surface area contributed by atoms with Gasteiger partial charge in [0.2, 0.25) is 15.9 Å². The van der Waals surface area contributed by atoms with E-state index in [9.17, 15) is 13.2 Å². The van der Waals surface area contributed by atoms with E-state index in [1.807, 2.05) is 0 Å². The van der Waals surface area contributed by atoms with Gasteiger partial charge in [-0.3, -0.25) is 0 Å². The third-order valence-electron chi connectivity index (χ3n) is 3.23. The average Bonchev–Trinajstić information content (AvgIpc) is 2.61. The quantitative estimate of drug-likeness (QED) is 0.693. The van der Waals surface area contributed by atoms with Crippen molar-refractivity contribution >= 4 is 21.7 Å². The van der Waals surface area contributed by atoms with Crippen molar-refractivity contribution in [2.45, 2.75) is 18.4 Å². The number of benzene rings is 1. The fourth-order valence-electron chi connectivity index (χ4n) is 2.06. The molecule has 0 fully saturated rings. The van der Waals surface area contributed by atoms with E-state index in [-0.39, 0.29) is 11.4 Å². The monoisotopic (exact) mass is 364 g/mol. The van der Waals surface area contributed by atoms with Crippen molar-refractivity contribution in [1.29, 1.82) is 0 Å². The van der Waals surface area contributed by atoms with Crippen LogP contribution in [0.3, 0.4) is 0 Å². The Balaban J connectivity index is 1.94. The van der Waals surface area contributed by atoms with Crippen molar-refractivity contribution in [3.05, 3.63) is 48.2 Å². The molecule has 1 heterocycles. The van der Waals surface area contributed by atoms with Gasteiger partial charge >= 0.3 is 6.03 Å². The predicted octanol–water partition coefficient (Wildman–Crippen LogP) is 1.71. The number of anilines is 1. The highest BCUT2D eigenvalue weighted by Crippen LogP contribution is 2.19. The number of hydrogen-bond acceptors (Lipinski definition) is 5. The van der Waals surface area contributed by atoms with E-state index < -0.39 is 16.1 Å². The lowest BCUT2D eigenvalue weighted by Gasteiger charge is -2.10. The molecule has 0 saturated heterocycles. The van der Waals surface area contributed by atoms with E-state index in [1.54, 1.807) is 37.4 Å². The summed E-state index contributed by atoms with van der Waals surface area (Å²) in [5, 5.41) is 5.32. The maximum Gasteiger partial charge on any atom is 0.319 e. The van der Waals surface area contributed by atoms with Crippen LogP contribution in [0.15, 0.2) is 47.5 Å². The Morgan fingerprint density at radius 1 is 1.20 bits per heavy atom. The number of amides is 2. The highest BCUT2D eigenvalue weighted by Gasteiger charge is 2.12. The second kappa shape index (κ2) is 8.45. The number of nitrogens with zero attached hydrogens (tertiary/aromatic N) is 1. The first kappa shape index (κ1) is 18.7. The first-order valence-corrected chi connectivity index (χ1v) is 9.07. The Bertz CT molecular complexity index is 822. The Hall–Kier alpha value is -2.65. The number of sulfonamides is 1. The Morgan fingerprint density at radius 2 is 1.92 bits per heavy atom. The van der Waals surface area contributed by atoms with Crippen molar-refractivity contribution in [3.8, 4) is 5.88 Å². The van der Waals surface area contributed by atoms with Gasteiger partial charge in [-0.1, -0.05) is 19.1 Å². The van der Waals surface area contributed by atoms with Crippen LogP contribution in [0.25, 0.3) is 0 Å². The number of aromatic nitrogens is 1. The van der Waals surface area contributed by atoms with Gasteiger partial charge in [0.05, 0.1) is 12.0 Å². The van der Waals surface area contributed by atoms with Gasteiger partial charge in [0.15, 0.2) is 0 Å². The molecule has 2 aromatic rings. The number of nitrogens with one attached hydrogen (secondary N) is 3. The number of ether oxygens (including phenoxy) is 1. The molecule has 9 heteroatoms. The molecule has 0 aliphatic carbocycles. The fourth-order valence-corrected chi connectivity index (χ4v) is 3.10. The second-order valence-electron chi connectivity index (χ2n) is 5.01. The highest BCUT2D eigenvalue weighted by molar-refractivity contribution is 7.89. The summed E-state index contributed by atoms with van der Waals surface area (Å²) in [7, 11) is -2.01. The first-order chi connectivity index (χ1) is 12.0. The number of hydrogen-bond donors (Lipinski definition) is 3. The molecule has 2 amide bonds. The molecule has 8 nitrogen and oxygen atoms in total. The fraction of sp³-hybridized carbons (Fsp3) is 0.250. The van der Waals surface area contributed by atoms with Crippen molar-refractivity contribution in [3.63, 3.8) is 0 Å². The van der Waals surface area contributed by atoms with Crippen molar-refractivity contribution < 1.29 is 17.9 Å². The summed E-state index contributed by atoms with van der Waals surface area (Å²) in [5.41, 5.74) is 1.22. The van der Waals surface area contributed by atoms with Crippen LogP contribution in [0.2, 0.25) is 0 Å². The van der Waals surface area contributed by atoms with Gasteiger partial charge in [-0.2, -0.15) is 0 Å². The van der Waals surface area contributed by atoms with Gasteiger partial charge in [0.25, 0.3) is 0 Å². The summed E-state index contributed by atoms with van der Waals surface area (Å²) in [6.07, 6.45) is 1.56. The number of methoxy groups -OCH3 is 1. The van der Waals surface area contributed by atoms with Crippen LogP contribution in [0, 0.1) is 0 Å². The van der Waals surface area contributed by atoms with Crippen LogP contribution in [0.5, 0.6) is 5.88 Å². The molecule has 0 unspecified atom stereocenters. The highest BCUT2D eigenvalue weighted by atomic mass is 32.2. The third-order valence-corrected chi connectivity index (χ3v) is 4.80. The van der Waals surface area contributed by atoms with E-state index in [4.69, 9.17) is 4.74 Å². The molecule has 0 saturated carbocycles. The van der Waals surface area contributed by atoms with E-state index in [0.29, 0.717) is 18.1 Å². The lowest BCUT2D eigenvalue weighted by Crippen LogP contribution is -2.28. The van der Waals surface area contributed by atoms with Crippen LogP contribution in [-0.2, 0) is 16.6 Å². The van der Waals surface area contributed by atoms with Gasteiger partial charge in [0.1, 0.15) is 5.69 Å². The third kappa shape index (κ3) is 5.16. The van der Waals surface area contributed by atoms with Crippen molar-refractivity contribution in [2.24, 2.45) is 0 Å². The van der Waals surface area contributed by atoms with E-state index >= 15 is 0 Å². The summed E-state index contributed by atoms with van der Waals surface area (Å²) in [6, 6.07) is 9.22. The summed E-state index contributed by atoms with van der Waals surface area (Å²) < 4.78 is 31.2. The molecule has 0 spiro atoms. The molecule has 25 heavy (non-hydrogen) atoms. The molecule has 0 aliphatic heterocycles. The summed E-state index contributed by atoms with van der Waals surface area (Å²) in [6.45, 7) is 2.28. The molecule has 0 bridgehead atoms. The molecule has 0 atom stereocenters. The zero-order valence-corrected chi connectivity index (χ0v) is 14.8. The van der Waals surface area contributed by atoms with Crippen LogP contribution in [0.1, 0.15) is 12.5 Å². The molecular weight excluding hydrogens is 344 g/mol. The molecule has 0 radical (unpaired) electrons. The number of rotatable bonds is 7. The van der Waals surface area contributed by atoms with Crippen LogP contribution in [-0.4, -0.2) is 33.1 Å². The van der Waals surface area contributed by atoms with Gasteiger partial charge < -0.3 is 15.4 Å². The van der Waals surface area contributed by atoms with Gasteiger partial charge in [0, 0.05) is 19.3 Å². The summed E-state index contributed by atoms with van der Waals surface area (Å²) >= 11 is 0. The maximum absolute atomic E-state index is 12.0. The lowest BCUT2D eigenvalue weighted by molar-refractivity contribution is 0.251. The molecular formula is C16H20N4O4S. The minimum Gasteiger partial charge on any atom is -0.480 e. The SMILES string of the molecule is CCNS(=O)(=O)c1ccc(CNC(=O)Nc2cccnc2OC)cc1. The lowest BCUT2D eigenvalue weighted by atomic mass is 10.2. The number of pyridine rings is 1.